The molecule has 0 amide bonds. The summed E-state index contributed by atoms with van der Waals surface area (Å²) in [5, 5.41) is 5.74. The maximum absolute atomic E-state index is 13.3. The zero-order valence-electron chi connectivity index (χ0n) is 13.2. The number of H-pyrrole nitrogens is 1. The first kappa shape index (κ1) is 16.5. The summed E-state index contributed by atoms with van der Waals surface area (Å²) >= 11 is 0. The zero-order valence-corrected chi connectivity index (χ0v) is 13.2. The van der Waals surface area contributed by atoms with Crippen molar-refractivity contribution in [3.8, 4) is 0 Å². The average Bonchev–Trinajstić information content (AvgIpc) is 3.05. The number of aromatic nitrogens is 2. The number of hydrogen-bond acceptors (Lipinski definition) is 2. The number of nitrogen functional groups attached to an aromatic ring is 1. The molecule has 0 atom stereocenters. The third-order valence-electron chi connectivity index (χ3n) is 4.42. The first-order chi connectivity index (χ1) is 11.4. The summed E-state index contributed by atoms with van der Waals surface area (Å²) in [5.74, 6) is 0.0648. The Balaban J connectivity index is 2.05. The van der Waals surface area contributed by atoms with Gasteiger partial charge in [-0.15, -0.1) is 0 Å². The van der Waals surface area contributed by atoms with Crippen molar-refractivity contribution in [2.75, 3.05) is 5.73 Å². The maximum Gasteiger partial charge on any atom is 0.433 e. The van der Waals surface area contributed by atoms with Crippen molar-refractivity contribution in [2.45, 2.75) is 38.3 Å². The minimum absolute atomic E-state index is 0.0648. The largest absolute Gasteiger partial charge is 0.433 e. The fourth-order valence-corrected chi connectivity index (χ4v) is 3.21. The van der Waals surface area contributed by atoms with Gasteiger partial charge in [-0.3, -0.25) is 5.10 Å². The van der Waals surface area contributed by atoms with E-state index in [-0.39, 0.29) is 11.5 Å². The highest BCUT2D eigenvalue weighted by molar-refractivity contribution is 5.99. The van der Waals surface area contributed by atoms with Crippen LogP contribution < -0.4 is 10.7 Å². The lowest BCUT2D eigenvalue weighted by atomic mass is 9.83. The van der Waals surface area contributed by atoms with E-state index in [1.165, 1.54) is 6.20 Å². The van der Waals surface area contributed by atoms with Crippen LogP contribution in [0, 0.1) is 5.92 Å². The van der Waals surface area contributed by atoms with E-state index >= 15 is 0 Å². The van der Waals surface area contributed by atoms with Crippen molar-refractivity contribution in [3.05, 3.63) is 41.7 Å². The second-order valence-electron chi connectivity index (χ2n) is 6.15. The van der Waals surface area contributed by atoms with Crippen molar-refractivity contribution < 1.29 is 18.2 Å². The topological polar surface area (TPSA) is 68.7 Å². The minimum Gasteiger partial charge on any atom is -0.399 e. The van der Waals surface area contributed by atoms with Crippen molar-refractivity contribution in [1.29, 1.82) is 0 Å². The number of nitrogens with zero attached hydrogens (tertiary/aromatic N) is 1. The van der Waals surface area contributed by atoms with E-state index in [9.17, 15) is 13.2 Å². The highest BCUT2D eigenvalue weighted by Gasteiger charge is 2.40. The van der Waals surface area contributed by atoms with Crippen LogP contribution in [-0.2, 0) is 6.18 Å². The van der Waals surface area contributed by atoms with Crippen LogP contribution in [0.1, 0.15) is 43.4 Å². The molecule has 4 N–H and O–H groups in total. The van der Waals surface area contributed by atoms with Crippen LogP contribution >= 0.6 is 0 Å². The summed E-state index contributed by atoms with van der Waals surface area (Å²) in [6.45, 7) is 0. The summed E-state index contributed by atoms with van der Waals surface area (Å²) in [6, 6.07) is 6.98. The fourth-order valence-electron chi connectivity index (χ4n) is 3.21. The van der Waals surface area contributed by atoms with Crippen LogP contribution in [0.15, 0.2) is 30.5 Å². The number of benzene rings is 1. The van der Waals surface area contributed by atoms with Gasteiger partial charge in [0.1, 0.15) is 0 Å². The monoisotopic (exact) mass is 337 g/mol. The Hall–Kier alpha value is -2.31. The molecule has 1 heterocycles. The van der Waals surface area contributed by atoms with Crippen molar-refractivity contribution in [1.82, 2.24) is 10.2 Å². The average molecular weight is 337 g/mol. The van der Waals surface area contributed by atoms with Gasteiger partial charge in [0.15, 0.2) is 11.4 Å². The van der Waals surface area contributed by atoms with Crippen LogP contribution in [0.5, 0.6) is 0 Å². The van der Waals surface area contributed by atoms with Gasteiger partial charge in [0, 0.05) is 23.7 Å². The van der Waals surface area contributed by atoms with E-state index in [1.54, 1.807) is 24.3 Å². The normalized spacial score (nSPS) is 17.2. The lowest BCUT2D eigenvalue weighted by Crippen LogP contribution is -2.68. The Morgan fingerprint density at radius 3 is 2.42 bits per heavy atom. The summed E-state index contributed by atoms with van der Waals surface area (Å²) in [6.07, 6.45) is 1.72. The predicted molar refractivity (Wildman–Crippen MR) is 85.8 cm³/mol. The maximum atomic E-state index is 13.3. The van der Waals surface area contributed by atoms with E-state index in [0.29, 0.717) is 11.4 Å². The Labute approximate surface area is 138 Å². The molecule has 1 fully saturated rings. The van der Waals surface area contributed by atoms with Gasteiger partial charge in [-0.2, -0.15) is 18.3 Å². The molecule has 1 aromatic heterocycles. The molecule has 2 aromatic rings. The number of aromatic amines is 1. The molecular weight excluding hydrogens is 317 g/mol. The van der Waals surface area contributed by atoms with Crippen LogP contribution in [0.4, 0.5) is 24.5 Å². The molecule has 0 saturated heterocycles. The van der Waals surface area contributed by atoms with Gasteiger partial charge in [-0.05, 0) is 25.0 Å². The van der Waals surface area contributed by atoms with Crippen LogP contribution in [0.25, 0.3) is 0 Å². The zero-order chi connectivity index (χ0) is 17.2. The number of nitrogens with two attached hydrogens (primary N) is 1. The molecular formula is C17H20F3N4+. The Morgan fingerprint density at radius 2 is 1.79 bits per heavy atom. The first-order valence-corrected chi connectivity index (χ1v) is 8.05. The van der Waals surface area contributed by atoms with Gasteiger partial charge in [-0.1, -0.05) is 19.3 Å². The SMILES string of the molecule is Nc1ccc([NH+]=C(c2cn[nH]c2C(F)(F)F)C2CCCCC2)cc1. The molecule has 0 unspecified atom stereocenters. The molecule has 1 aromatic carbocycles. The molecule has 7 heteroatoms. The summed E-state index contributed by atoms with van der Waals surface area (Å²) in [4.78, 5) is 3.19. The minimum atomic E-state index is -4.46. The number of hydrogen-bond donors (Lipinski definition) is 3. The fraction of sp³-hybridized carbons (Fsp3) is 0.412. The second-order valence-corrected chi connectivity index (χ2v) is 6.15. The number of halogens is 3. The van der Waals surface area contributed by atoms with Crippen LogP contribution in [0.3, 0.4) is 0 Å². The number of alkyl halides is 3. The number of nitrogens with one attached hydrogen (secondary N) is 2. The lowest BCUT2D eigenvalue weighted by Gasteiger charge is -2.20. The molecule has 24 heavy (non-hydrogen) atoms. The van der Waals surface area contributed by atoms with E-state index in [2.05, 4.69) is 15.2 Å². The van der Waals surface area contributed by atoms with Crippen molar-refractivity contribution in [2.24, 2.45) is 5.92 Å². The van der Waals surface area contributed by atoms with Crippen LogP contribution in [-0.4, -0.2) is 15.9 Å². The van der Waals surface area contributed by atoms with E-state index in [4.69, 9.17) is 5.73 Å². The predicted octanol–water partition coefficient (Wildman–Crippen LogP) is 2.79. The molecule has 128 valence electrons. The number of rotatable bonds is 3. The Kier molecular flexibility index (Phi) is 4.59. The molecule has 3 rings (SSSR count). The van der Waals surface area contributed by atoms with Gasteiger partial charge in [-0.25, -0.2) is 4.99 Å². The van der Waals surface area contributed by atoms with Gasteiger partial charge in [0.05, 0.1) is 11.8 Å². The van der Waals surface area contributed by atoms with Gasteiger partial charge < -0.3 is 5.73 Å². The van der Waals surface area contributed by atoms with E-state index in [0.717, 1.165) is 37.8 Å². The van der Waals surface area contributed by atoms with E-state index < -0.39 is 11.9 Å². The highest BCUT2D eigenvalue weighted by Crippen LogP contribution is 2.33. The van der Waals surface area contributed by atoms with Crippen molar-refractivity contribution in [3.63, 3.8) is 0 Å². The molecule has 1 saturated carbocycles. The molecule has 0 aliphatic heterocycles. The Bertz CT molecular complexity index is 710. The first-order valence-electron chi connectivity index (χ1n) is 8.05. The third kappa shape index (κ3) is 3.60. The third-order valence-corrected chi connectivity index (χ3v) is 4.42. The van der Waals surface area contributed by atoms with Gasteiger partial charge in [0.25, 0.3) is 0 Å². The summed E-state index contributed by atoms with van der Waals surface area (Å²) in [7, 11) is 0. The van der Waals surface area contributed by atoms with Crippen LogP contribution in [0.2, 0.25) is 0 Å². The molecule has 1 aliphatic carbocycles. The number of anilines is 1. The van der Waals surface area contributed by atoms with E-state index in [1.807, 2.05) is 0 Å². The molecule has 0 bridgehead atoms. The summed E-state index contributed by atoms with van der Waals surface area (Å²) in [5.41, 5.74) is 6.90. The molecule has 4 nitrogen and oxygen atoms in total. The molecule has 0 spiro atoms. The quantitative estimate of drug-likeness (QED) is 0.595. The Morgan fingerprint density at radius 1 is 1.12 bits per heavy atom. The van der Waals surface area contributed by atoms with Crippen molar-refractivity contribution >= 4 is 17.1 Å². The standard InChI is InChI=1S/C17H19F3N4/c18-17(19,20)16-14(10-22-24-16)15(11-4-2-1-3-5-11)23-13-8-6-12(21)7-9-13/h6-11H,1-5,21H2,(H,22,24)/p+1. The van der Waals surface area contributed by atoms with Gasteiger partial charge in [0.2, 0.25) is 5.69 Å². The summed E-state index contributed by atoms with van der Waals surface area (Å²) < 4.78 is 39.8. The second kappa shape index (κ2) is 6.67. The van der Waals surface area contributed by atoms with Gasteiger partial charge >= 0.3 is 6.18 Å². The molecule has 0 radical (unpaired) electrons. The smallest absolute Gasteiger partial charge is 0.399 e. The molecule has 1 aliphatic rings. The lowest BCUT2D eigenvalue weighted by molar-refractivity contribution is -0.357. The highest BCUT2D eigenvalue weighted by atomic mass is 19.4.